The van der Waals surface area contributed by atoms with E-state index < -0.39 is 0 Å². The van der Waals surface area contributed by atoms with Crippen molar-refractivity contribution in [3.8, 4) is 0 Å². The van der Waals surface area contributed by atoms with Gasteiger partial charge in [-0.15, -0.1) is 0 Å². The van der Waals surface area contributed by atoms with Crippen molar-refractivity contribution >= 4 is 0 Å². The second-order valence-corrected chi connectivity index (χ2v) is 4.26. The Hall–Kier alpha value is -0.0800. The van der Waals surface area contributed by atoms with Gasteiger partial charge in [-0.3, -0.25) is 0 Å². The van der Waals surface area contributed by atoms with Gasteiger partial charge in [-0.2, -0.15) is 0 Å². The summed E-state index contributed by atoms with van der Waals surface area (Å²) in [5.74, 6) is 2.97. The van der Waals surface area contributed by atoms with Gasteiger partial charge in [-0.05, 0) is 30.6 Å². The highest BCUT2D eigenvalue weighted by Gasteiger charge is 2.19. The predicted octanol–water partition coefficient (Wildman–Crippen LogP) is 2.29. The summed E-state index contributed by atoms with van der Waals surface area (Å²) < 4.78 is 0. The molecule has 0 spiro atoms. The van der Waals surface area contributed by atoms with E-state index in [-0.39, 0.29) is 0 Å². The number of rotatable bonds is 1. The summed E-state index contributed by atoms with van der Waals surface area (Å²) in [5.41, 5.74) is 0. The van der Waals surface area contributed by atoms with Crippen LogP contribution in [-0.2, 0) is 0 Å². The van der Waals surface area contributed by atoms with Crippen molar-refractivity contribution in [1.82, 2.24) is 0 Å². The monoisotopic (exact) mass is 173 g/mol. The zero-order valence-electron chi connectivity index (χ0n) is 8.42. The maximum absolute atomic E-state index is 7.25. The number of hydrogen-bond acceptors (Lipinski definition) is 2. The minimum Gasteiger partial charge on any atom is -0.727 e. The van der Waals surface area contributed by atoms with E-state index in [2.05, 4.69) is 20.8 Å². The van der Waals surface area contributed by atoms with Gasteiger partial charge < -0.3 is 10.5 Å². The van der Waals surface area contributed by atoms with Crippen LogP contribution >= 0.6 is 0 Å². The Morgan fingerprint density at radius 1 is 1.08 bits per heavy atom. The number of hydrogen-bond donors (Lipinski definition) is 1. The van der Waals surface area contributed by atoms with Crippen LogP contribution in [0.2, 0.25) is 0 Å². The third-order valence-corrected chi connectivity index (χ3v) is 3.00. The SMILES string of the molecule is CC1CCC(C(C)C)CC1.[O-]O. The lowest BCUT2D eigenvalue weighted by Gasteiger charge is -2.28. The quantitative estimate of drug-likeness (QED) is 0.488. The zero-order valence-corrected chi connectivity index (χ0v) is 8.42. The Bertz CT molecular complexity index is 94.0. The molecule has 1 N–H and O–H groups in total. The topological polar surface area (TPSA) is 43.3 Å². The molecule has 12 heavy (non-hydrogen) atoms. The fourth-order valence-electron chi connectivity index (χ4n) is 1.95. The van der Waals surface area contributed by atoms with Gasteiger partial charge in [-0.25, -0.2) is 0 Å². The summed E-state index contributed by atoms with van der Waals surface area (Å²) in [7, 11) is 0. The van der Waals surface area contributed by atoms with Crippen LogP contribution < -0.4 is 5.26 Å². The molecule has 0 amide bonds. The van der Waals surface area contributed by atoms with Gasteiger partial charge in [0.1, 0.15) is 0 Å². The summed E-state index contributed by atoms with van der Waals surface area (Å²) in [6.45, 7) is 7.11. The van der Waals surface area contributed by atoms with E-state index in [4.69, 9.17) is 10.5 Å². The molecule has 1 aliphatic carbocycles. The summed E-state index contributed by atoms with van der Waals surface area (Å²) in [6, 6.07) is 0. The van der Waals surface area contributed by atoms with E-state index in [0.29, 0.717) is 0 Å². The van der Waals surface area contributed by atoms with Crippen LogP contribution in [0, 0.1) is 17.8 Å². The first-order chi connectivity index (χ1) is 5.70. The molecule has 0 heterocycles. The summed E-state index contributed by atoms with van der Waals surface area (Å²) >= 11 is 0. The highest BCUT2D eigenvalue weighted by molar-refractivity contribution is 4.71. The van der Waals surface area contributed by atoms with Crippen LogP contribution in [-0.4, -0.2) is 5.26 Å². The fourth-order valence-corrected chi connectivity index (χ4v) is 1.95. The normalized spacial score (nSPS) is 29.5. The molecule has 0 radical (unpaired) electrons. The van der Waals surface area contributed by atoms with Gasteiger partial charge in [0, 0.05) is 0 Å². The van der Waals surface area contributed by atoms with Gasteiger partial charge in [0.05, 0.1) is 0 Å². The Kier molecular flexibility index (Phi) is 6.39. The summed E-state index contributed by atoms with van der Waals surface area (Å²) in [5, 5.41) is 13.0. The first-order valence-corrected chi connectivity index (χ1v) is 4.88. The molecule has 2 nitrogen and oxygen atoms in total. The molecule has 0 aromatic carbocycles. The van der Waals surface area contributed by atoms with Crippen LogP contribution in [0.4, 0.5) is 0 Å². The van der Waals surface area contributed by atoms with Crippen molar-refractivity contribution < 1.29 is 10.5 Å². The van der Waals surface area contributed by atoms with Crippen molar-refractivity contribution in [2.24, 2.45) is 17.8 Å². The lowest BCUT2D eigenvalue weighted by molar-refractivity contribution is -0.670. The van der Waals surface area contributed by atoms with Gasteiger partial charge >= 0.3 is 0 Å². The molecule has 0 bridgehead atoms. The molecule has 1 rings (SSSR count). The molecule has 0 saturated heterocycles. The highest BCUT2D eigenvalue weighted by Crippen LogP contribution is 2.32. The van der Waals surface area contributed by atoms with Crippen molar-refractivity contribution in [3.05, 3.63) is 0 Å². The molecule has 0 atom stereocenters. The van der Waals surface area contributed by atoms with Gasteiger partial charge in [-0.1, -0.05) is 33.6 Å². The predicted molar refractivity (Wildman–Crippen MR) is 48.6 cm³/mol. The summed E-state index contributed by atoms with van der Waals surface area (Å²) in [4.78, 5) is 0. The molecule has 1 saturated carbocycles. The van der Waals surface area contributed by atoms with Gasteiger partial charge in [0.25, 0.3) is 0 Å². The van der Waals surface area contributed by atoms with Crippen molar-refractivity contribution in [2.45, 2.75) is 46.5 Å². The zero-order chi connectivity index (χ0) is 9.56. The van der Waals surface area contributed by atoms with Crippen LogP contribution in [0.1, 0.15) is 46.5 Å². The second kappa shape index (κ2) is 6.44. The maximum atomic E-state index is 7.25. The van der Waals surface area contributed by atoms with Crippen LogP contribution in [0.5, 0.6) is 0 Å². The molecule has 0 aromatic rings. The van der Waals surface area contributed by atoms with E-state index >= 15 is 0 Å². The van der Waals surface area contributed by atoms with E-state index in [1.165, 1.54) is 25.7 Å². The van der Waals surface area contributed by atoms with Crippen molar-refractivity contribution in [3.63, 3.8) is 0 Å². The lowest BCUT2D eigenvalue weighted by atomic mass is 9.78. The third kappa shape index (κ3) is 4.07. The second-order valence-electron chi connectivity index (χ2n) is 4.26. The van der Waals surface area contributed by atoms with Gasteiger partial charge in [0.2, 0.25) is 0 Å². The standard InChI is InChI=1S/C10H20.H2O2/c1-8(2)10-6-4-9(3)5-7-10;1-2/h8-10H,4-7H2,1-3H3;1-2H/p-1. The third-order valence-electron chi connectivity index (χ3n) is 3.00. The summed E-state index contributed by atoms with van der Waals surface area (Å²) in [6.07, 6.45) is 5.92. The lowest BCUT2D eigenvalue weighted by Crippen LogP contribution is -2.16. The fraction of sp³-hybridized carbons (Fsp3) is 1.00. The van der Waals surface area contributed by atoms with E-state index in [9.17, 15) is 0 Å². The molecular formula is C10H21O2-. The molecule has 1 aliphatic rings. The largest absolute Gasteiger partial charge is 0.727 e. The van der Waals surface area contributed by atoms with Crippen LogP contribution in [0.25, 0.3) is 0 Å². The van der Waals surface area contributed by atoms with E-state index in [1.807, 2.05) is 0 Å². The Balaban J connectivity index is 0.000000561. The molecule has 0 unspecified atom stereocenters. The Morgan fingerprint density at radius 3 is 1.83 bits per heavy atom. The highest BCUT2D eigenvalue weighted by atomic mass is 17.0. The van der Waals surface area contributed by atoms with Crippen LogP contribution in [0.3, 0.4) is 0 Å². The van der Waals surface area contributed by atoms with E-state index in [0.717, 1.165) is 17.8 Å². The minimum atomic E-state index is 0.924. The Morgan fingerprint density at radius 2 is 1.50 bits per heavy atom. The first kappa shape index (κ1) is 11.9. The average molecular weight is 173 g/mol. The molecule has 0 aliphatic heterocycles. The minimum absolute atomic E-state index is 0.924. The Labute approximate surface area is 75.5 Å². The smallest absolute Gasteiger partial charge is 0.0391 e. The molecule has 0 aromatic heterocycles. The first-order valence-electron chi connectivity index (χ1n) is 4.88. The molecular weight excluding hydrogens is 152 g/mol. The van der Waals surface area contributed by atoms with E-state index in [1.54, 1.807) is 0 Å². The van der Waals surface area contributed by atoms with Crippen molar-refractivity contribution in [1.29, 1.82) is 0 Å². The van der Waals surface area contributed by atoms with Crippen molar-refractivity contribution in [2.75, 3.05) is 0 Å². The average Bonchev–Trinajstić information content (AvgIpc) is 2.09. The molecule has 2 heteroatoms. The molecule has 1 fully saturated rings. The molecule has 74 valence electrons. The van der Waals surface area contributed by atoms with Gasteiger partial charge in [0.15, 0.2) is 0 Å². The van der Waals surface area contributed by atoms with Crippen LogP contribution in [0.15, 0.2) is 0 Å². The maximum Gasteiger partial charge on any atom is -0.0391 e.